The number of nitrogens with zero attached hydrogens (tertiary/aromatic N) is 2. The predicted molar refractivity (Wildman–Crippen MR) is 87.1 cm³/mol. The second-order valence-corrected chi connectivity index (χ2v) is 5.48. The normalized spacial score (nSPS) is 10.6. The summed E-state index contributed by atoms with van der Waals surface area (Å²) in [5, 5.41) is 12.1. The monoisotopic (exact) mass is 313 g/mol. The van der Waals surface area contributed by atoms with Crippen molar-refractivity contribution in [2.24, 2.45) is 0 Å². The molecule has 1 heterocycles. The lowest BCUT2D eigenvalue weighted by Gasteiger charge is -2.05. The van der Waals surface area contributed by atoms with Crippen LogP contribution in [0.5, 0.6) is 0 Å². The van der Waals surface area contributed by atoms with Crippen molar-refractivity contribution < 1.29 is 4.42 Å². The van der Waals surface area contributed by atoms with Crippen LogP contribution in [0.15, 0.2) is 52.9 Å². The van der Waals surface area contributed by atoms with Crippen LogP contribution in [-0.2, 0) is 13.0 Å². The number of halogens is 1. The lowest BCUT2D eigenvalue weighted by molar-refractivity contribution is 0.464. The van der Waals surface area contributed by atoms with Crippen molar-refractivity contribution in [1.82, 2.24) is 10.2 Å². The number of aromatic nitrogens is 2. The molecule has 3 rings (SSSR count). The number of hydrogen-bond donors (Lipinski definition) is 1. The summed E-state index contributed by atoms with van der Waals surface area (Å²) in [6, 6.07) is 15.9. The van der Waals surface area contributed by atoms with E-state index in [-0.39, 0.29) is 0 Å². The van der Waals surface area contributed by atoms with Gasteiger partial charge in [-0.15, -0.1) is 10.2 Å². The van der Waals surface area contributed by atoms with E-state index < -0.39 is 0 Å². The zero-order chi connectivity index (χ0) is 15.4. The molecule has 2 aromatic carbocycles. The fourth-order valence-electron chi connectivity index (χ4n) is 2.08. The molecule has 0 atom stereocenters. The van der Waals surface area contributed by atoms with E-state index in [1.807, 2.05) is 55.5 Å². The van der Waals surface area contributed by atoms with Gasteiger partial charge in [0.2, 0.25) is 11.8 Å². The zero-order valence-corrected chi connectivity index (χ0v) is 13.0. The van der Waals surface area contributed by atoms with Crippen LogP contribution < -0.4 is 5.32 Å². The summed E-state index contributed by atoms with van der Waals surface area (Å²) in [5.74, 6) is 1.17. The number of hydrogen-bond acceptors (Lipinski definition) is 4. The molecule has 1 N–H and O–H groups in total. The molecule has 5 heteroatoms. The van der Waals surface area contributed by atoms with Crippen LogP contribution >= 0.6 is 11.6 Å². The van der Waals surface area contributed by atoms with Gasteiger partial charge in [-0.3, -0.25) is 0 Å². The Morgan fingerprint density at radius 2 is 1.82 bits per heavy atom. The maximum absolute atomic E-state index is 6.10. The first-order valence-electron chi connectivity index (χ1n) is 7.06. The van der Waals surface area contributed by atoms with E-state index in [9.17, 15) is 0 Å². The molecule has 4 nitrogen and oxygen atoms in total. The highest BCUT2D eigenvalue weighted by atomic mass is 35.5. The van der Waals surface area contributed by atoms with E-state index in [1.54, 1.807) is 0 Å². The van der Waals surface area contributed by atoms with Gasteiger partial charge in [0.25, 0.3) is 0 Å². The van der Waals surface area contributed by atoms with E-state index >= 15 is 0 Å². The zero-order valence-electron chi connectivity index (χ0n) is 12.2. The second-order valence-electron chi connectivity index (χ2n) is 5.07. The van der Waals surface area contributed by atoms with Gasteiger partial charge in [-0.05, 0) is 30.2 Å². The Labute approximate surface area is 134 Å². The maximum atomic E-state index is 6.10. The second kappa shape index (κ2) is 6.62. The fraction of sp³-hybridized carbons (Fsp3) is 0.176. The van der Waals surface area contributed by atoms with Crippen molar-refractivity contribution in [3.8, 4) is 0 Å². The molecule has 0 aliphatic heterocycles. The van der Waals surface area contributed by atoms with Gasteiger partial charge < -0.3 is 9.73 Å². The Kier molecular flexibility index (Phi) is 4.39. The molecule has 0 aliphatic rings. The van der Waals surface area contributed by atoms with Crippen LogP contribution in [0.25, 0.3) is 0 Å². The third-order valence-electron chi connectivity index (χ3n) is 3.32. The topological polar surface area (TPSA) is 51.0 Å². The minimum atomic E-state index is 0.473. The largest absolute Gasteiger partial charge is 0.423 e. The third kappa shape index (κ3) is 3.65. The first-order valence-corrected chi connectivity index (χ1v) is 7.44. The number of aryl methyl sites for hydroxylation is 1. The van der Waals surface area contributed by atoms with Crippen LogP contribution in [0.2, 0.25) is 5.02 Å². The van der Waals surface area contributed by atoms with Gasteiger partial charge >= 0.3 is 0 Å². The molecule has 0 saturated carbocycles. The Morgan fingerprint density at radius 1 is 1.05 bits per heavy atom. The maximum Gasteiger partial charge on any atom is 0.235 e. The van der Waals surface area contributed by atoms with Crippen LogP contribution in [0.1, 0.15) is 22.9 Å². The molecule has 0 unspecified atom stereocenters. The molecule has 112 valence electrons. The molecule has 22 heavy (non-hydrogen) atoms. The molecular formula is C17H16ClN3O. The van der Waals surface area contributed by atoms with Crippen molar-refractivity contribution in [3.05, 3.63) is 76.5 Å². The van der Waals surface area contributed by atoms with Crippen LogP contribution in [0, 0.1) is 6.92 Å². The van der Waals surface area contributed by atoms with Crippen molar-refractivity contribution in [2.45, 2.75) is 19.9 Å². The average Bonchev–Trinajstić information content (AvgIpc) is 2.97. The van der Waals surface area contributed by atoms with E-state index in [2.05, 4.69) is 15.5 Å². The summed E-state index contributed by atoms with van der Waals surface area (Å²) < 4.78 is 5.65. The molecule has 0 saturated heterocycles. The molecule has 0 spiro atoms. The van der Waals surface area contributed by atoms with Crippen molar-refractivity contribution in [3.63, 3.8) is 0 Å². The summed E-state index contributed by atoms with van der Waals surface area (Å²) in [5.41, 5.74) is 3.13. The highest BCUT2D eigenvalue weighted by Gasteiger charge is 2.07. The van der Waals surface area contributed by atoms with Gasteiger partial charge in [0, 0.05) is 10.7 Å². The average molecular weight is 314 g/mol. The van der Waals surface area contributed by atoms with Crippen molar-refractivity contribution in [2.75, 3.05) is 5.32 Å². The smallest absolute Gasteiger partial charge is 0.235 e. The molecule has 0 aliphatic carbocycles. The molecule has 1 aromatic heterocycles. The predicted octanol–water partition coefficient (Wildman–Crippen LogP) is 4.23. The number of rotatable bonds is 5. The lowest BCUT2D eigenvalue weighted by Crippen LogP contribution is -1.99. The first-order chi connectivity index (χ1) is 10.7. The Balaban J connectivity index is 1.61. The molecule has 3 aromatic rings. The highest BCUT2D eigenvalue weighted by molar-refractivity contribution is 6.31. The van der Waals surface area contributed by atoms with Crippen LogP contribution in [0.4, 0.5) is 5.69 Å². The van der Waals surface area contributed by atoms with Crippen molar-refractivity contribution >= 4 is 17.3 Å². The molecule has 0 fully saturated rings. The van der Waals surface area contributed by atoms with Gasteiger partial charge in [-0.1, -0.05) is 48.0 Å². The summed E-state index contributed by atoms with van der Waals surface area (Å²) in [7, 11) is 0. The minimum absolute atomic E-state index is 0.473. The van der Waals surface area contributed by atoms with E-state index in [0.717, 1.165) is 21.8 Å². The standard InChI is InChI=1S/C17H16ClN3O/c1-12-7-8-14(10-15(12)18)19-11-17-21-20-16(22-17)9-13-5-3-2-4-6-13/h2-8,10,19H,9,11H2,1H3. The Morgan fingerprint density at radius 3 is 2.59 bits per heavy atom. The highest BCUT2D eigenvalue weighted by Crippen LogP contribution is 2.20. The van der Waals surface area contributed by atoms with Gasteiger partial charge in [0.05, 0.1) is 13.0 Å². The molecule has 0 radical (unpaired) electrons. The summed E-state index contributed by atoms with van der Waals surface area (Å²) >= 11 is 6.10. The van der Waals surface area contributed by atoms with E-state index in [0.29, 0.717) is 24.7 Å². The molecule has 0 bridgehead atoms. The van der Waals surface area contributed by atoms with Crippen LogP contribution in [0.3, 0.4) is 0 Å². The molecule has 0 amide bonds. The number of nitrogens with one attached hydrogen (secondary N) is 1. The van der Waals surface area contributed by atoms with Gasteiger partial charge in [-0.2, -0.15) is 0 Å². The van der Waals surface area contributed by atoms with Gasteiger partial charge in [0.1, 0.15) is 0 Å². The number of anilines is 1. The lowest BCUT2D eigenvalue weighted by atomic mass is 10.2. The van der Waals surface area contributed by atoms with Crippen LogP contribution in [-0.4, -0.2) is 10.2 Å². The van der Waals surface area contributed by atoms with E-state index in [1.165, 1.54) is 0 Å². The quantitative estimate of drug-likeness (QED) is 0.765. The summed E-state index contributed by atoms with van der Waals surface area (Å²) in [6.45, 7) is 2.45. The SMILES string of the molecule is Cc1ccc(NCc2nnc(Cc3ccccc3)o2)cc1Cl. The fourth-order valence-corrected chi connectivity index (χ4v) is 2.26. The van der Waals surface area contributed by atoms with Crippen molar-refractivity contribution in [1.29, 1.82) is 0 Å². The van der Waals surface area contributed by atoms with E-state index in [4.69, 9.17) is 16.0 Å². The Hall–Kier alpha value is -2.33. The van der Waals surface area contributed by atoms with Gasteiger partial charge in [0.15, 0.2) is 0 Å². The molecular weight excluding hydrogens is 298 g/mol. The van der Waals surface area contributed by atoms with Gasteiger partial charge in [-0.25, -0.2) is 0 Å². The summed E-state index contributed by atoms with van der Waals surface area (Å²) in [4.78, 5) is 0. The minimum Gasteiger partial charge on any atom is -0.423 e. The first kappa shape index (κ1) is 14.6. The third-order valence-corrected chi connectivity index (χ3v) is 3.73. The Bertz CT molecular complexity index is 756. The summed E-state index contributed by atoms with van der Waals surface area (Å²) in [6.07, 6.45) is 0.643. The number of benzene rings is 2.